The summed E-state index contributed by atoms with van der Waals surface area (Å²) in [5.74, 6) is 0.877. The molecule has 1 aromatic heterocycles. The Morgan fingerprint density at radius 1 is 1.24 bits per heavy atom. The van der Waals surface area contributed by atoms with Crippen molar-refractivity contribution in [2.45, 2.75) is 25.5 Å². The Balaban J connectivity index is 2.13. The van der Waals surface area contributed by atoms with Gasteiger partial charge in [0.1, 0.15) is 5.82 Å². The molecule has 0 saturated heterocycles. The van der Waals surface area contributed by atoms with Gasteiger partial charge in [0.15, 0.2) is 11.1 Å². The van der Waals surface area contributed by atoms with E-state index in [4.69, 9.17) is 21.3 Å². The fraction of sp³-hybridized carbons (Fsp3) is 0.278. The summed E-state index contributed by atoms with van der Waals surface area (Å²) in [5.41, 5.74) is 4.26. The Hall–Kier alpha value is -1.73. The van der Waals surface area contributed by atoms with E-state index < -0.39 is 11.1 Å². The van der Waals surface area contributed by atoms with E-state index in [1.54, 1.807) is 12.1 Å². The first-order valence-corrected chi connectivity index (χ1v) is 9.66. The number of hydrogen-bond donors (Lipinski definition) is 2. The summed E-state index contributed by atoms with van der Waals surface area (Å²) in [7, 11) is 0. The van der Waals surface area contributed by atoms with E-state index in [0.29, 0.717) is 17.0 Å². The number of aliphatic hydroxyl groups excluding tert-OH is 1. The Morgan fingerprint density at radius 3 is 2.56 bits per heavy atom. The molecule has 0 fully saturated rings. The highest BCUT2D eigenvalue weighted by atomic mass is 35.5. The van der Waals surface area contributed by atoms with Crippen LogP contribution >= 0.6 is 11.6 Å². The number of aliphatic hydroxyl groups is 1. The minimum atomic E-state index is -1.95. The molecule has 2 aromatic carbocycles. The molecule has 3 aromatic rings. The zero-order valence-electron chi connectivity index (χ0n) is 13.8. The average Bonchev–Trinajstić information content (AvgIpc) is 2.93. The fourth-order valence-corrected chi connectivity index (χ4v) is 3.71. The standard InChI is InChI=1S/C18H19ClN2O3S/c1-2-18-20-16-9-13(11-25(23)24)15(19)10-17(16)21(18)14-5-3-12(4-6-14)7-8-22/h3-6,9-10,22H,2,7-8,11H2,1H3,(H,23,24). The van der Waals surface area contributed by atoms with Crippen LogP contribution in [0.2, 0.25) is 5.02 Å². The van der Waals surface area contributed by atoms with Crippen molar-refractivity contribution in [3.05, 3.63) is 58.4 Å². The van der Waals surface area contributed by atoms with Crippen LogP contribution in [0, 0.1) is 0 Å². The van der Waals surface area contributed by atoms with Crippen LogP contribution in [-0.4, -0.2) is 30.0 Å². The maximum atomic E-state index is 11.1. The topological polar surface area (TPSA) is 75.3 Å². The second-order valence-corrected chi connectivity index (χ2v) is 7.09. The summed E-state index contributed by atoms with van der Waals surface area (Å²) in [6.07, 6.45) is 1.37. The summed E-state index contributed by atoms with van der Waals surface area (Å²) < 4.78 is 22.3. The fourth-order valence-electron chi connectivity index (χ4n) is 2.90. The van der Waals surface area contributed by atoms with Crippen molar-refractivity contribution in [3.8, 4) is 5.69 Å². The van der Waals surface area contributed by atoms with Gasteiger partial charge in [0.05, 0.1) is 16.8 Å². The molecule has 0 radical (unpaired) electrons. The number of nitrogens with zero attached hydrogens (tertiary/aromatic N) is 2. The molecule has 0 amide bonds. The summed E-state index contributed by atoms with van der Waals surface area (Å²) in [4.78, 5) is 4.66. The molecule has 0 spiro atoms. The average molecular weight is 379 g/mol. The van der Waals surface area contributed by atoms with Crippen molar-refractivity contribution in [2.75, 3.05) is 6.61 Å². The normalized spacial score (nSPS) is 12.6. The number of halogens is 1. The van der Waals surface area contributed by atoms with Gasteiger partial charge in [-0.1, -0.05) is 30.7 Å². The second kappa shape index (κ2) is 7.66. The molecule has 25 heavy (non-hydrogen) atoms. The number of hydrogen-bond acceptors (Lipinski definition) is 3. The summed E-state index contributed by atoms with van der Waals surface area (Å²) in [6, 6.07) is 11.5. The molecule has 1 atom stereocenters. The quantitative estimate of drug-likeness (QED) is 0.644. The molecular formula is C18H19ClN2O3S. The zero-order valence-corrected chi connectivity index (χ0v) is 15.3. The molecule has 7 heteroatoms. The summed E-state index contributed by atoms with van der Waals surface area (Å²) in [5, 5.41) is 9.50. The highest BCUT2D eigenvalue weighted by molar-refractivity contribution is 7.78. The van der Waals surface area contributed by atoms with Crippen LogP contribution in [0.4, 0.5) is 0 Å². The lowest BCUT2D eigenvalue weighted by Gasteiger charge is -2.10. The van der Waals surface area contributed by atoms with E-state index >= 15 is 0 Å². The van der Waals surface area contributed by atoms with Crippen molar-refractivity contribution in [3.63, 3.8) is 0 Å². The number of rotatable bonds is 6. The number of aryl methyl sites for hydroxylation is 1. The van der Waals surface area contributed by atoms with Gasteiger partial charge in [-0.3, -0.25) is 4.57 Å². The third-order valence-electron chi connectivity index (χ3n) is 4.08. The molecule has 3 rings (SSSR count). The Labute approximate surface area is 153 Å². The first-order valence-electron chi connectivity index (χ1n) is 8.00. The van der Waals surface area contributed by atoms with Gasteiger partial charge < -0.3 is 9.66 Å². The molecule has 132 valence electrons. The Kier molecular flexibility index (Phi) is 5.54. The van der Waals surface area contributed by atoms with Gasteiger partial charge >= 0.3 is 0 Å². The van der Waals surface area contributed by atoms with Crippen molar-refractivity contribution >= 4 is 33.7 Å². The Bertz CT molecular complexity index is 922. The first kappa shape index (κ1) is 18.1. The van der Waals surface area contributed by atoms with Gasteiger partial charge in [0.2, 0.25) is 0 Å². The van der Waals surface area contributed by atoms with E-state index in [-0.39, 0.29) is 12.4 Å². The molecule has 0 aliphatic heterocycles. The van der Waals surface area contributed by atoms with Gasteiger partial charge in [-0.25, -0.2) is 9.19 Å². The number of fused-ring (bicyclic) bond motifs is 1. The third-order valence-corrected chi connectivity index (χ3v) is 4.99. The number of aromatic nitrogens is 2. The van der Waals surface area contributed by atoms with E-state index in [9.17, 15) is 4.21 Å². The molecule has 1 heterocycles. The van der Waals surface area contributed by atoms with Gasteiger partial charge in [0.25, 0.3) is 0 Å². The highest BCUT2D eigenvalue weighted by Gasteiger charge is 2.15. The van der Waals surface area contributed by atoms with Crippen molar-refractivity contribution < 1.29 is 13.9 Å². The molecule has 0 saturated carbocycles. The van der Waals surface area contributed by atoms with Crippen molar-refractivity contribution in [1.29, 1.82) is 0 Å². The van der Waals surface area contributed by atoms with Crippen molar-refractivity contribution in [1.82, 2.24) is 9.55 Å². The van der Waals surface area contributed by atoms with E-state index in [1.807, 2.05) is 35.8 Å². The zero-order chi connectivity index (χ0) is 18.0. The van der Waals surface area contributed by atoms with Crippen LogP contribution in [0.15, 0.2) is 36.4 Å². The molecule has 5 nitrogen and oxygen atoms in total. The van der Waals surface area contributed by atoms with E-state index in [1.165, 1.54) is 0 Å². The number of imidazole rings is 1. The maximum absolute atomic E-state index is 11.1. The maximum Gasteiger partial charge on any atom is 0.157 e. The van der Waals surface area contributed by atoms with E-state index in [0.717, 1.165) is 34.5 Å². The molecular weight excluding hydrogens is 360 g/mol. The van der Waals surface area contributed by atoms with Crippen LogP contribution in [-0.2, 0) is 29.7 Å². The highest BCUT2D eigenvalue weighted by Crippen LogP contribution is 2.28. The first-order chi connectivity index (χ1) is 12.0. The summed E-state index contributed by atoms with van der Waals surface area (Å²) >= 11 is 4.36. The van der Waals surface area contributed by atoms with Gasteiger partial charge in [0, 0.05) is 23.7 Å². The monoisotopic (exact) mass is 378 g/mol. The summed E-state index contributed by atoms with van der Waals surface area (Å²) in [6.45, 7) is 2.15. The minimum Gasteiger partial charge on any atom is -0.396 e. The predicted molar refractivity (Wildman–Crippen MR) is 101 cm³/mol. The van der Waals surface area contributed by atoms with Crippen LogP contribution in [0.1, 0.15) is 23.9 Å². The lowest BCUT2D eigenvalue weighted by Crippen LogP contribution is -2.01. The SMILES string of the molecule is CCc1nc2cc(CS(=O)O)c(Cl)cc2n1-c1ccc(CCO)cc1. The van der Waals surface area contributed by atoms with Crippen LogP contribution < -0.4 is 0 Å². The number of benzene rings is 2. The minimum absolute atomic E-state index is 0.0149. The van der Waals surface area contributed by atoms with Crippen LogP contribution in [0.5, 0.6) is 0 Å². The van der Waals surface area contributed by atoms with Gasteiger partial charge in [-0.05, 0) is 41.8 Å². The Morgan fingerprint density at radius 2 is 1.96 bits per heavy atom. The molecule has 1 unspecified atom stereocenters. The largest absolute Gasteiger partial charge is 0.396 e. The lowest BCUT2D eigenvalue weighted by molar-refractivity contribution is 0.299. The van der Waals surface area contributed by atoms with Crippen LogP contribution in [0.3, 0.4) is 0 Å². The van der Waals surface area contributed by atoms with Gasteiger partial charge in [-0.2, -0.15) is 0 Å². The molecule has 0 aliphatic carbocycles. The van der Waals surface area contributed by atoms with Crippen molar-refractivity contribution in [2.24, 2.45) is 0 Å². The molecule has 0 bridgehead atoms. The lowest BCUT2D eigenvalue weighted by atomic mass is 10.1. The van der Waals surface area contributed by atoms with Gasteiger partial charge in [-0.15, -0.1) is 0 Å². The second-order valence-electron chi connectivity index (χ2n) is 5.76. The van der Waals surface area contributed by atoms with E-state index in [2.05, 4.69) is 4.98 Å². The van der Waals surface area contributed by atoms with Crippen LogP contribution in [0.25, 0.3) is 16.7 Å². The molecule has 2 N–H and O–H groups in total. The third kappa shape index (κ3) is 3.77. The smallest absolute Gasteiger partial charge is 0.157 e. The predicted octanol–water partition coefficient (Wildman–Crippen LogP) is 3.50. The molecule has 0 aliphatic rings.